The fraction of sp³-hybridized carbons (Fsp3) is 0.684. The second-order valence-corrected chi connectivity index (χ2v) is 7.82. The number of carbonyl (C=O) groups is 1. The van der Waals surface area contributed by atoms with Gasteiger partial charge in [-0.2, -0.15) is 0 Å². The molecule has 1 aromatic rings. The largest absolute Gasteiger partial charge is 0.357 e. The third-order valence-electron chi connectivity index (χ3n) is 5.60. The van der Waals surface area contributed by atoms with E-state index in [0.717, 1.165) is 57.3 Å². The quantitative estimate of drug-likeness (QED) is 0.810. The van der Waals surface area contributed by atoms with Gasteiger partial charge in [0.25, 0.3) is 5.91 Å². The van der Waals surface area contributed by atoms with Crippen LogP contribution in [-0.2, 0) is 0 Å². The first kappa shape index (κ1) is 23.0. The molecule has 2 N–H and O–H groups in total. The number of hydrogen-bond donors (Lipinski definition) is 2. The SMILES string of the molecule is CC1CCN(c2ccc(C(=O)NCC3(C)CCNCC3)cn2)CC1.Cl.Cl. The van der Waals surface area contributed by atoms with E-state index in [1.807, 2.05) is 12.1 Å². The first-order valence-corrected chi connectivity index (χ1v) is 9.26. The van der Waals surface area contributed by atoms with E-state index in [1.54, 1.807) is 6.20 Å². The fourth-order valence-corrected chi connectivity index (χ4v) is 3.55. The van der Waals surface area contributed by atoms with Crippen LogP contribution in [0, 0.1) is 11.3 Å². The number of amides is 1. The summed E-state index contributed by atoms with van der Waals surface area (Å²) >= 11 is 0. The molecule has 1 amide bonds. The Bertz CT molecular complexity index is 553. The van der Waals surface area contributed by atoms with Gasteiger partial charge in [-0.15, -0.1) is 24.8 Å². The predicted molar refractivity (Wildman–Crippen MR) is 112 cm³/mol. The van der Waals surface area contributed by atoms with Gasteiger partial charge in [-0.1, -0.05) is 13.8 Å². The monoisotopic (exact) mass is 402 g/mol. The molecule has 0 aliphatic carbocycles. The standard InChI is InChI=1S/C19H30N4O.2ClH/c1-15-5-11-23(12-6-15)17-4-3-16(13-21-17)18(24)22-14-19(2)7-9-20-10-8-19;;/h3-4,13,15,20H,5-12,14H2,1-2H3,(H,22,24);2*1H. The number of aromatic nitrogens is 1. The Hall–Kier alpha value is -1.04. The van der Waals surface area contributed by atoms with Crippen LogP contribution >= 0.6 is 24.8 Å². The fourth-order valence-electron chi connectivity index (χ4n) is 3.55. The third-order valence-corrected chi connectivity index (χ3v) is 5.60. The Labute approximate surface area is 169 Å². The molecule has 0 saturated carbocycles. The highest BCUT2D eigenvalue weighted by atomic mass is 35.5. The van der Waals surface area contributed by atoms with E-state index >= 15 is 0 Å². The Morgan fingerprint density at radius 3 is 2.50 bits per heavy atom. The average molecular weight is 403 g/mol. The van der Waals surface area contributed by atoms with Crippen molar-refractivity contribution in [2.24, 2.45) is 11.3 Å². The van der Waals surface area contributed by atoms with E-state index in [2.05, 4.69) is 34.4 Å². The molecule has 0 atom stereocenters. The van der Waals surface area contributed by atoms with Crippen molar-refractivity contribution < 1.29 is 4.79 Å². The highest BCUT2D eigenvalue weighted by Crippen LogP contribution is 2.27. The number of nitrogens with one attached hydrogen (secondary N) is 2. The van der Waals surface area contributed by atoms with Gasteiger partial charge in [0.15, 0.2) is 0 Å². The van der Waals surface area contributed by atoms with Crippen molar-refractivity contribution in [2.45, 2.75) is 39.5 Å². The van der Waals surface area contributed by atoms with Crippen molar-refractivity contribution in [1.82, 2.24) is 15.6 Å². The van der Waals surface area contributed by atoms with Crippen molar-refractivity contribution in [3.05, 3.63) is 23.9 Å². The molecule has 148 valence electrons. The van der Waals surface area contributed by atoms with E-state index < -0.39 is 0 Å². The van der Waals surface area contributed by atoms with Gasteiger partial charge in [0.2, 0.25) is 0 Å². The molecule has 3 heterocycles. The lowest BCUT2D eigenvalue weighted by Crippen LogP contribution is -2.42. The van der Waals surface area contributed by atoms with Crippen LogP contribution in [0.1, 0.15) is 49.9 Å². The number of carbonyl (C=O) groups excluding carboxylic acids is 1. The second kappa shape index (κ2) is 10.3. The van der Waals surface area contributed by atoms with Crippen LogP contribution in [0.25, 0.3) is 0 Å². The van der Waals surface area contributed by atoms with Crippen molar-refractivity contribution in [3.8, 4) is 0 Å². The molecule has 2 fully saturated rings. The van der Waals surface area contributed by atoms with E-state index in [1.165, 1.54) is 12.8 Å². The van der Waals surface area contributed by atoms with Crippen molar-refractivity contribution in [3.63, 3.8) is 0 Å². The minimum atomic E-state index is -0.0129. The molecule has 3 rings (SSSR count). The summed E-state index contributed by atoms with van der Waals surface area (Å²) in [7, 11) is 0. The molecule has 2 saturated heterocycles. The van der Waals surface area contributed by atoms with Crippen molar-refractivity contribution in [2.75, 3.05) is 37.6 Å². The molecule has 0 bridgehead atoms. The molecule has 2 aliphatic heterocycles. The zero-order valence-corrected chi connectivity index (χ0v) is 17.4. The summed E-state index contributed by atoms with van der Waals surface area (Å²) in [4.78, 5) is 19.2. The summed E-state index contributed by atoms with van der Waals surface area (Å²) in [6.07, 6.45) is 6.37. The van der Waals surface area contributed by atoms with E-state index in [4.69, 9.17) is 0 Å². The summed E-state index contributed by atoms with van der Waals surface area (Å²) < 4.78 is 0. The normalized spacial score (nSPS) is 19.8. The average Bonchev–Trinajstić information content (AvgIpc) is 2.61. The van der Waals surface area contributed by atoms with Gasteiger partial charge >= 0.3 is 0 Å². The summed E-state index contributed by atoms with van der Waals surface area (Å²) in [5.41, 5.74) is 0.861. The molecule has 7 heteroatoms. The van der Waals surface area contributed by atoms with E-state index in [-0.39, 0.29) is 36.1 Å². The van der Waals surface area contributed by atoms with E-state index in [0.29, 0.717) is 5.56 Å². The number of rotatable bonds is 4. The molecule has 0 radical (unpaired) electrons. The first-order chi connectivity index (χ1) is 11.6. The minimum absolute atomic E-state index is 0. The predicted octanol–water partition coefficient (Wildman–Crippen LogP) is 3.28. The number of hydrogen-bond acceptors (Lipinski definition) is 4. The molecule has 1 aromatic heterocycles. The molecule has 0 spiro atoms. The van der Waals surface area contributed by atoms with Crippen LogP contribution in [-0.4, -0.2) is 43.6 Å². The first-order valence-electron chi connectivity index (χ1n) is 9.26. The van der Waals surface area contributed by atoms with Crippen LogP contribution in [0.3, 0.4) is 0 Å². The number of nitrogens with zero attached hydrogens (tertiary/aromatic N) is 2. The lowest BCUT2D eigenvalue weighted by molar-refractivity contribution is 0.0922. The molecular weight excluding hydrogens is 371 g/mol. The van der Waals surface area contributed by atoms with Crippen molar-refractivity contribution in [1.29, 1.82) is 0 Å². The zero-order valence-electron chi connectivity index (χ0n) is 15.8. The third kappa shape index (κ3) is 6.00. The lowest BCUT2D eigenvalue weighted by Gasteiger charge is -2.34. The number of pyridine rings is 1. The van der Waals surface area contributed by atoms with Crippen LogP contribution in [0.15, 0.2) is 18.3 Å². The topological polar surface area (TPSA) is 57.3 Å². The molecular formula is C19H32Cl2N4O. The number of halogens is 2. The molecule has 26 heavy (non-hydrogen) atoms. The van der Waals surface area contributed by atoms with Gasteiger partial charge in [0.05, 0.1) is 5.56 Å². The van der Waals surface area contributed by atoms with Gasteiger partial charge in [-0.05, 0) is 62.2 Å². The summed E-state index contributed by atoms with van der Waals surface area (Å²) in [5, 5.41) is 6.47. The van der Waals surface area contributed by atoms with Crippen LogP contribution in [0.5, 0.6) is 0 Å². The maximum atomic E-state index is 12.4. The van der Waals surface area contributed by atoms with Gasteiger partial charge in [0.1, 0.15) is 5.82 Å². The highest BCUT2D eigenvalue weighted by Gasteiger charge is 2.27. The Balaban J connectivity index is 0.00000169. The maximum Gasteiger partial charge on any atom is 0.252 e. The summed E-state index contributed by atoms with van der Waals surface area (Å²) in [5.74, 6) is 1.78. The van der Waals surface area contributed by atoms with Gasteiger partial charge in [-0.25, -0.2) is 4.98 Å². The van der Waals surface area contributed by atoms with Gasteiger partial charge < -0.3 is 15.5 Å². The van der Waals surface area contributed by atoms with E-state index in [9.17, 15) is 4.79 Å². The van der Waals surface area contributed by atoms with Crippen molar-refractivity contribution >= 4 is 36.5 Å². The number of piperidine rings is 2. The molecule has 0 aromatic carbocycles. The Morgan fingerprint density at radius 1 is 1.27 bits per heavy atom. The Kier molecular flexibility index (Phi) is 9.14. The molecule has 2 aliphatic rings. The van der Waals surface area contributed by atoms with Crippen LogP contribution in [0.4, 0.5) is 5.82 Å². The molecule has 0 unspecified atom stereocenters. The molecule has 5 nitrogen and oxygen atoms in total. The van der Waals surface area contributed by atoms with Crippen LogP contribution < -0.4 is 15.5 Å². The lowest BCUT2D eigenvalue weighted by atomic mass is 9.81. The zero-order chi connectivity index (χ0) is 17.0. The Morgan fingerprint density at radius 2 is 1.92 bits per heavy atom. The summed E-state index contributed by atoms with van der Waals surface area (Å²) in [6, 6.07) is 3.89. The number of anilines is 1. The highest BCUT2D eigenvalue weighted by molar-refractivity contribution is 5.94. The smallest absolute Gasteiger partial charge is 0.252 e. The maximum absolute atomic E-state index is 12.4. The van der Waals surface area contributed by atoms with Gasteiger partial charge in [-0.3, -0.25) is 4.79 Å². The van der Waals surface area contributed by atoms with Gasteiger partial charge in [0, 0.05) is 25.8 Å². The second-order valence-electron chi connectivity index (χ2n) is 7.82. The van der Waals surface area contributed by atoms with Crippen LogP contribution in [0.2, 0.25) is 0 Å². The summed E-state index contributed by atoms with van der Waals surface area (Å²) in [6.45, 7) is 9.50. The minimum Gasteiger partial charge on any atom is -0.357 e.